The highest BCUT2D eigenvalue weighted by Gasteiger charge is 2.47. The molecule has 0 aromatic heterocycles. The second-order valence-electron chi connectivity index (χ2n) is 11.2. The first-order chi connectivity index (χ1) is 17.6. The summed E-state index contributed by atoms with van der Waals surface area (Å²) in [6.45, 7) is 8.30. The van der Waals surface area contributed by atoms with E-state index in [1.807, 2.05) is 55.5 Å². The predicted molar refractivity (Wildman–Crippen MR) is 149 cm³/mol. The first-order valence-corrected chi connectivity index (χ1v) is 13.2. The molecule has 3 aromatic carbocycles. The molecule has 1 fully saturated rings. The molecule has 1 unspecified atom stereocenters. The van der Waals surface area contributed by atoms with Gasteiger partial charge in [0.1, 0.15) is 5.76 Å². The van der Waals surface area contributed by atoms with Gasteiger partial charge in [0.2, 0.25) is 0 Å². The highest BCUT2D eigenvalue weighted by Crippen LogP contribution is 2.43. The number of rotatable bonds is 3. The summed E-state index contributed by atoms with van der Waals surface area (Å²) in [5.41, 5.74) is 6.39. The highest BCUT2D eigenvalue weighted by molar-refractivity contribution is 6.51. The zero-order chi connectivity index (χ0) is 26.5. The number of fused-ring (bicyclic) bond motifs is 1. The van der Waals surface area contributed by atoms with E-state index >= 15 is 0 Å². The Morgan fingerprint density at radius 1 is 0.919 bits per heavy atom. The molecule has 0 saturated carbocycles. The molecule has 1 saturated heterocycles. The molecular weight excluding hydrogens is 482 g/mol. The zero-order valence-electron chi connectivity index (χ0n) is 21.8. The number of nitrogens with zero attached hydrogens (tertiary/aromatic N) is 1. The van der Waals surface area contributed by atoms with Crippen molar-refractivity contribution in [2.75, 3.05) is 4.90 Å². The third kappa shape index (κ3) is 4.59. The first kappa shape index (κ1) is 25.3. The molecule has 2 aliphatic rings. The number of halogens is 1. The lowest BCUT2D eigenvalue weighted by molar-refractivity contribution is -0.132. The lowest BCUT2D eigenvalue weighted by atomic mass is 9.85. The van der Waals surface area contributed by atoms with E-state index in [9.17, 15) is 14.7 Å². The topological polar surface area (TPSA) is 57.6 Å². The number of carbonyl (C=O) groups excluding carboxylic acids is 2. The van der Waals surface area contributed by atoms with Crippen molar-refractivity contribution in [3.05, 3.63) is 105 Å². The van der Waals surface area contributed by atoms with Crippen molar-refractivity contribution in [1.82, 2.24) is 0 Å². The van der Waals surface area contributed by atoms with E-state index in [0.717, 1.165) is 42.4 Å². The minimum Gasteiger partial charge on any atom is -0.507 e. The third-order valence-electron chi connectivity index (χ3n) is 7.59. The zero-order valence-corrected chi connectivity index (χ0v) is 22.5. The van der Waals surface area contributed by atoms with Crippen LogP contribution in [-0.4, -0.2) is 16.8 Å². The van der Waals surface area contributed by atoms with E-state index in [0.29, 0.717) is 16.3 Å². The van der Waals surface area contributed by atoms with Gasteiger partial charge in [0, 0.05) is 16.3 Å². The van der Waals surface area contributed by atoms with Crippen LogP contribution in [0.15, 0.2) is 66.2 Å². The number of hydrogen-bond donors (Lipinski definition) is 1. The Balaban J connectivity index is 1.69. The van der Waals surface area contributed by atoms with Gasteiger partial charge in [-0.2, -0.15) is 0 Å². The van der Waals surface area contributed by atoms with Gasteiger partial charge in [0.05, 0.1) is 11.6 Å². The van der Waals surface area contributed by atoms with Gasteiger partial charge in [-0.25, -0.2) is 0 Å². The Morgan fingerprint density at radius 2 is 1.59 bits per heavy atom. The summed E-state index contributed by atoms with van der Waals surface area (Å²) in [7, 11) is 0. The molecule has 1 amide bonds. The maximum atomic E-state index is 13.5. The van der Waals surface area contributed by atoms with Crippen LogP contribution in [0, 0.1) is 6.92 Å². The normalized spacial score (nSPS) is 19.3. The molecule has 3 aromatic rings. The van der Waals surface area contributed by atoms with E-state index in [-0.39, 0.29) is 16.7 Å². The maximum absolute atomic E-state index is 13.5. The summed E-state index contributed by atoms with van der Waals surface area (Å²) in [6.07, 6.45) is 4.24. The minimum atomic E-state index is -0.774. The van der Waals surface area contributed by atoms with Crippen LogP contribution in [-0.2, 0) is 27.8 Å². The standard InChI is InChI=1S/C32H32ClNO3/c1-19-9-16-25(18-26(19)33)34-28(21-12-14-24(15-13-21)32(2,3)4)27(30(36)31(34)37)29(35)23-11-10-20-7-5-6-8-22(20)17-23/h9-18,28,35H,5-8H2,1-4H3/b29-27-. The van der Waals surface area contributed by atoms with Crippen LogP contribution in [0.3, 0.4) is 0 Å². The molecule has 0 spiro atoms. The number of benzene rings is 3. The summed E-state index contributed by atoms with van der Waals surface area (Å²) in [5, 5.41) is 12.1. The van der Waals surface area contributed by atoms with Gasteiger partial charge in [-0.3, -0.25) is 14.5 Å². The Bertz CT molecular complexity index is 1430. The summed E-state index contributed by atoms with van der Waals surface area (Å²) in [6, 6.07) is 18.4. The molecule has 1 heterocycles. The molecule has 0 bridgehead atoms. The number of anilines is 1. The summed E-state index contributed by atoms with van der Waals surface area (Å²) in [5.74, 6) is -1.52. The second kappa shape index (κ2) is 9.50. The van der Waals surface area contributed by atoms with Gasteiger partial charge in [0.25, 0.3) is 11.7 Å². The monoisotopic (exact) mass is 513 g/mol. The highest BCUT2D eigenvalue weighted by atomic mass is 35.5. The van der Waals surface area contributed by atoms with E-state index in [1.165, 1.54) is 16.0 Å². The smallest absolute Gasteiger partial charge is 0.300 e. The quantitative estimate of drug-likeness (QED) is 0.225. The Hall–Kier alpha value is -3.37. The fourth-order valence-corrected chi connectivity index (χ4v) is 5.52. The Morgan fingerprint density at radius 3 is 2.24 bits per heavy atom. The number of aliphatic hydroxyl groups excluding tert-OH is 1. The SMILES string of the molecule is Cc1ccc(N2C(=O)C(=O)/C(=C(\O)c3ccc4c(c3)CCCC4)C2c2ccc(C(C)(C)C)cc2)cc1Cl. The average Bonchev–Trinajstić information content (AvgIpc) is 3.14. The van der Waals surface area contributed by atoms with Gasteiger partial charge in [-0.05, 0) is 84.0 Å². The van der Waals surface area contributed by atoms with E-state index in [2.05, 4.69) is 20.8 Å². The lowest BCUT2D eigenvalue weighted by Gasteiger charge is -2.27. The minimum absolute atomic E-state index is 0.0477. The number of carbonyl (C=O) groups is 2. The molecule has 37 heavy (non-hydrogen) atoms. The van der Waals surface area contributed by atoms with Crippen LogP contribution < -0.4 is 4.90 Å². The summed E-state index contributed by atoms with van der Waals surface area (Å²) in [4.78, 5) is 28.5. The van der Waals surface area contributed by atoms with E-state index < -0.39 is 17.7 Å². The largest absolute Gasteiger partial charge is 0.507 e. The van der Waals surface area contributed by atoms with Crippen molar-refractivity contribution in [3.8, 4) is 0 Å². The van der Waals surface area contributed by atoms with Crippen molar-refractivity contribution in [3.63, 3.8) is 0 Å². The van der Waals surface area contributed by atoms with Gasteiger partial charge < -0.3 is 5.11 Å². The maximum Gasteiger partial charge on any atom is 0.300 e. The molecule has 1 aliphatic carbocycles. The molecule has 5 heteroatoms. The van der Waals surface area contributed by atoms with Gasteiger partial charge in [-0.15, -0.1) is 0 Å². The van der Waals surface area contributed by atoms with Gasteiger partial charge in [0.15, 0.2) is 0 Å². The van der Waals surface area contributed by atoms with Crippen LogP contribution in [0.1, 0.15) is 73.0 Å². The summed E-state index contributed by atoms with van der Waals surface area (Å²) >= 11 is 6.42. The van der Waals surface area contributed by atoms with Crippen molar-refractivity contribution in [2.24, 2.45) is 0 Å². The Labute approximate surface area is 223 Å². The average molecular weight is 514 g/mol. The van der Waals surface area contributed by atoms with Crippen molar-refractivity contribution in [1.29, 1.82) is 0 Å². The van der Waals surface area contributed by atoms with Crippen molar-refractivity contribution >= 4 is 34.7 Å². The lowest BCUT2D eigenvalue weighted by Crippen LogP contribution is -2.29. The van der Waals surface area contributed by atoms with E-state index in [4.69, 9.17) is 11.6 Å². The third-order valence-corrected chi connectivity index (χ3v) is 8.00. The molecule has 1 aliphatic heterocycles. The molecule has 1 atom stereocenters. The van der Waals surface area contributed by atoms with Crippen LogP contribution in [0.2, 0.25) is 5.02 Å². The fourth-order valence-electron chi connectivity index (χ4n) is 5.35. The molecular formula is C32H32ClNO3. The number of amides is 1. The number of ketones is 1. The Kier molecular flexibility index (Phi) is 6.49. The summed E-state index contributed by atoms with van der Waals surface area (Å²) < 4.78 is 0. The van der Waals surface area contributed by atoms with Gasteiger partial charge in [-0.1, -0.05) is 74.8 Å². The van der Waals surface area contributed by atoms with E-state index in [1.54, 1.807) is 12.1 Å². The number of aryl methyl sites for hydroxylation is 3. The van der Waals surface area contributed by atoms with Gasteiger partial charge >= 0.3 is 0 Å². The predicted octanol–water partition coefficient (Wildman–Crippen LogP) is 7.45. The van der Waals surface area contributed by atoms with Crippen LogP contribution in [0.25, 0.3) is 5.76 Å². The fraction of sp³-hybridized carbons (Fsp3) is 0.312. The molecule has 4 nitrogen and oxygen atoms in total. The number of aliphatic hydroxyl groups is 1. The molecule has 0 radical (unpaired) electrons. The molecule has 5 rings (SSSR count). The number of hydrogen-bond acceptors (Lipinski definition) is 3. The van der Waals surface area contributed by atoms with Crippen LogP contribution in [0.4, 0.5) is 5.69 Å². The second-order valence-corrected chi connectivity index (χ2v) is 11.6. The molecule has 190 valence electrons. The van der Waals surface area contributed by atoms with Crippen molar-refractivity contribution in [2.45, 2.75) is 64.8 Å². The van der Waals surface area contributed by atoms with Crippen LogP contribution >= 0.6 is 11.6 Å². The van der Waals surface area contributed by atoms with Crippen LogP contribution in [0.5, 0.6) is 0 Å². The first-order valence-electron chi connectivity index (χ1n) is 12.9. The molecule has 1 N–H and O–H groups in total. The van der Waals surface area contributed by atoms with Crippen molar-refractivity contribution < 1.29 is 14.7 Å². The number of Topliss-reactive ketones (excluding diaryl/α,β-unsaturated/α-hetero) is 1.